The average molecular weight is 280 g/mol. The van der Waals surface area contributed by atoms with E-state index in [1.807, 2.05) is 66.2 Å². The van der Waals surface area contributed by atoms with Gasteiger partial charge in [-0.1, -0.05) is 61.2 Å². The van der Waals surface area contributed by atoms with Crippen molar-refractivity contribution in [3.63, 3.8) is 0 Å². The Bertz CT molecular complexity index is 638. The molecule has 1 atom stereocenters. The highest BCUT2D eigenvalue weighted by Gasteiger charge is 2.12. The van der Waals surface area contributed by atoms with Gasteiger partial charge in [0.25, 0.3) is 0 Å². The summed E-state index contributed by atoms with van der Waals surface area (Å²) in [6, 6.07) is 9.65. The highest BCUT2D eigenvalue weighted by molar-refractivity contribution is 5.69. The van der Waals surface area contributed by atoms with Crippen molar-refractivity contribution in [2.45, 2.75) is 19.6 Å². The lowest BCUT2D eigenvalue weighted by Crippen LogP contribution is -2.10. The molecule has 0 spiro atoms. The largest absolute Gasteiger partial charge is 0.387 e. The number of imidazole rings is 1. The molecule has 3 nitrogen and oxygen atoms in total. The van der Waals surface area contributed by atoms with Crippen molar-refractivity contribution in [3.8, 4) is 0 Å². The average Bonchev–Trinajstić information content (AvgIpc) is 2.97. The van der Waals surface area contributed by atoms with Crippen LogP contribution in [0.1, 0.15) is 24.4 Å². The number of hydrogen-bond acceptors (Lipinski definition) is 2. The topological polar surface area (TPSA) is 38.0 Å². The smallest absolute Gasteiger partial charge is 0.139 e. The van der Waals surface area contributed by atoms with Crippen LogP contribution in [-0.4, -0.2) is 14.7 Å². The molecule has 0 bridgehead atoms. The van der Waals surface area contributed by atoms with Crippen LogP contribution in [0.25, 0.3) is 5.57 Å². The molecule has 3 heteroatoms. The third-order valence-electron chi connectivity index (χ3n) is 3.25. The maximum Gasteiger partial charge on any atom is 0.139 e. The molecule has 0 saturated carbocycles. The number of benzene rings is 1. The standard InChI is InChI=1S/C18H20N2O/c1-3-5-9-15(4-2)18-19-12-13-20(18)14-17(21)16-10-7-6-8-11-16/h3-13,17,21H,1,14H2,2H3/b9-5-,15-4+. The summed E-state index contributed by atoms with van der Waals surface area (Å²) < 4.78 is 1.96. The van der Waals surface area contributed by atoms with Crippen molar-refractivity contribution in [1.29, 1.82) is 0 Å². The van der Waals surface area contributed by atoms with Crippen LogP contribution in [0.15, 0.2) is 73.6 Å². The van der Waals surface area contributed by atoms with Crippen LogP contribution in [0.2, 0.25) is 0 Å². The SMILES string of the molecule is C=C/C=C\C(=C/C)c1nccn1CC(O)c1ccccc1. The predicted molar refractivity (Wildman–Crippen MR) is 86.6 cm³/mol. The fraction of sp³-hybridized carbons (Fsp3) is 0.167. The lowest BCUT2D eigenvalue weighted by atomic mass is 10.1. The minimum absolute atomic E-state index is 0.471. The van der Waals surface area contributed by atoms with E-state index in [1.165, 1.54) is 0 Å². The van der Waals surface area contributed by atoms with Gasteiger partial charge in [0.05, 0.1) is 12.6 Å². The van der Waals surface area contributed by atoms with E-state index >= 15 is 0 Å². The molecule has 21 heavy (non-hydrogen) atoms. The fourth-order valence-electron chi connectivity index (χ4n) is 2.16. The number of aliphatic hydroxyl groups excluding tert-OH is 1. The molecule has 0 amide bonds. The monoisotopic (exact) mass is 280 g/mol. The lowest BCUT2D eigenvalue weighted by molar-refractivity contribution is 0.156. The van der Waals surface area contributed by atoms with Gasteiger partial charge in [-0.15, -0.1) is 0 Å². The second kappa shape index (κ2) is 7.41. The van der Waals surface area contributed by atoms with E-state index in [0.29, 0.717) is 6.54 Å². The summed E-state index contributed by atoms with van der Waals surface area (Å²) in [5.74, 6) is 0.839. The van der Waals surface area contributed by atoms with Gasteiger partial charge >= 0.3 is 0 Å². The molecule has 1 heterocycles. The van der Waals surface area contributed by atoms with Gasteiger partial charge in [-0.05, 0) is 12.5 Å². The molecule has 0 aliphatic rings. The zero-order valence-electron chi connectivity index (χ0n) is 12.2. The number of nitrogens with zero attached hydrogens (tertiary/aromatic N) is 2. The Hall–Kier alpha value is -2.39. The Balaban J connectivity index is 2.21. The normalized spacial score (nSPS) is 13.5. The molecule has 0 fully saturated rings. The van der Waals surface area contributed by atoms with Crippen molar-refractivity contribution in [2.75, 3.05) is 0 Å². The van der Waals surface area contributed by atoms with E-state index in [4.69, 9.17) is 0 Å². The Morgan fingerprint density at radius 3 is 2.81 bits per heavy atom. The molecule has 0 radical (unpaired) electrons. The summed E-state index contributed by atoms with van der Waals surface area (Å²) >= 11 is 0. The Labute approximate surface area is 125 Å². The molecule has 0 aliphatic carbocycles. The van der Waals surface area contributed by atoms with Gasteiger partial charge in [-0.3, -0.25) is 0 Å². The van der Waals surface area contributed by atoms with Crippen LogP contribution < -0.4 is 0 Å². The Morgan fingerprint density at radius 1 is 1.38 bits per heavy atom. The molecule has 1 N–H and O–H groups in total. The van der Waals surface area contributed by atoms with Gasteiger partial charge < -0.3 is 9.67 Å². The van der Waals surface area contributed by atoms with E-state index in [0.717, 1.165) is 17.0 Å². The second-order valence-electron chi connectivity index (χ2n) is 4.67. The minimum Gasteiger partial charge on any atom is -0.387 e. The van der Waals surface area contributed by atoms with Crippen molar-refractivity contribution < 1.29 is 5.11 Å². The summed E-state index contributed by atoms with van der Waals surface area (Å²) in [7, 11) is 0. The van der Waals surface area contributed by atoms with Crippen LogP contribution in [-0.2, 0) is 6.54 Å². The molecular formula is C18H20N2O. The molecular weight excluding hydrogens is 260 g/mol. The summed E-state index contributed by atoms with van der Waals surface area (Å²) in [5.41, 5.74) is 1.90. The first-order valence-corrected chi connectivity index (χ1v) is 6.96. The number of rotatable bonds is 6. The third-order valence-corrected chi connectivity index (χ3v) is 3.25. The highest BCUT2D eigenvalue weighted by atomic mass is 16.3. The van der Waals surface area contributed by atoms with Gasteiger partial charge in [-0.2, -0.15) is 0 Å². The van der Waals surface area contributed by atoms with E-state index in [-0.39, 0.29) is 0 Å². The van der Waals surface area contributed by atoms with Gasteiger partial charge in [0, 0.05) is 18.0 Å². The number of aliphatic hydroxyl groups is 1. The van der Waals surface area contributed by atoms with E-state index in [9.17, 15) is 5.11 Å². The molecule has 1 aromatic carbocycles. The highest BCUT2D eigenvalue weighted by Crippen LogP contribution is 2.19. The molecule has 1 aromatic heterocycles. The molecule has 1 unspecified atom stereocenters. The molecule has 2 rings (SSSR count). The lowest BCUT2D eigenvalue weighted by Gasteiger charge is -2.14. The van der Waals surface area contributed by atoms with Crippen molar-refractivity contribution in [3.05, 3.63) is 85.0 Å². The van der Waals surface area contributed by atoms with Crippen LogP contribution in [0.5, 0.6) is 0 Å². The van der Waals surface area contributed by atoms with Gasteiger partial charge in [0.2, 0.25) is 0 Å². The molecule has 0 aliphatic heterocycles. The summed E-state index contributed by atoms with van der Waals surface area (Å²) in [6.07, 6.45) is 10.6. The maximum atomic E-state index is 10.3. The van der Waals surface area contributed by atoms with E-state index in [1.54, 1.807) is 12.3 Å². The van der Waals surface area contributed by atoms with E-state index in [2.05, 4.69) is 11.6 Å². The van der Waals surface area contributed by atoms with Gasteiger partial charge in [0.1, 0.15) is 5.82 Å². The van der Waals surface area contributed by atoms with Gasteiger partial charge in [-0.25, -0.2) is 4.98 Å². The van der Waals surface area contributed by atoms with Crippen LogP contribution in [0.3, 0.4) is 0 Å². The molecule has 2 aromatic rings. The number of hydrogen-bond donors (Lipinski definition) is 1. The number of allylic oxidation sites excluding steroid dienone is 5. The van der Waals surface area contributed by atoms with E-state index < -0.39 is 6.10 Å². The first-order valence-electron chi connectivity index (χ1n) is 6.96. The quantitative estimate of drug-likeness (QED) is 0.818. The summed E-state index contributed by atoms with van der Waals surface area (Å²) in [6.45, 7) is 6.12. The fourth-order valence-corrected chi connectivity index (χ4v) is 2.16. The van der Waals surface area contributed by atoms with Gasteiger partial charge in [0.15, 0.2) is 0 Å². The zero-order valence-corrected chi connectivity index (χ0v) is 12.2. The van der Waals surface area contributed by atoms with Crippen LogP contribution in [0, 0.1) is 0 Å². The van der Waals surface area contributed by atoms with Crippen LogP contribution in [0.4, 0.5) is 0 Å². The van der Waals surface area contributed by atoms with Crippen molar-refractivity contribution in [1.82, 2.24) is 9.55 Å². The first-order chi connectivity index (χ1) is 10.3. The Morgan fingerprint density at radius 2 is 2.14 bits per heavy atom. The zero-order chi connectivity index (χ0) is 15.1. The predicted octanol–water partition coefficient (Wildman–Crippen LogP) is 3.76. The summed E-state index contributed by atoms with van der Waals surface area (Å²) in [4.78, 5) is 4.39. The third kappa shape index (κ3) is 3.80. The first kappa shape index (κ1) is 15.0. The molecule has 108 valence electrons. The van der Waals surface area contributed by atoms with Crippen molar-refractivity contribution >= 4 is 5.57 Å². The van der Waals surface area contributed by atoms with Crippen molar-refractivity contribution in [2.24, 2.45) is 0 Å². The van der Waals surface area contributed by atoms with Crippen LogP contribution >= 0.6 is 0 Å². The second-order valence-corrected chi connectivity index (χ2v) is 4.67. The summed E-state index contributed by atoms with van der Waals surface area (Å²) in [5, 5.41) is 10.3. The minimum atomic E-state index is -0.555. The maximum absolute atomic E-state index is 10.3. The Kier molecular flexibility index (Phi) is 5.29. The molecule has 0 saturated heterocycles. The number of aromatic nitrogens is 2.